The molecule has 9 heteroatoms. The molecule has 3 rings (SSSR count). The van der Waals surface area contributed by atoms with E-state index >= 15 is 0 Å². The molecule has 0 bridgehead atoms. The molecule has 26 heavy (non-hydrogen) atoms. The highest BCUT2D eigenvalue weighted by Crippen LogP contribution is 2.27. The number of carbonyl (C=O) groups excluding carboxylic acids is 2. The van der Waals surface area contributed by atoms with Crippen LogP contribution in [-0.4, -0.2) is 23.4 Å². The number of amides is 1. The summed E-state index contributed by atoms with van der Waals surface area (Å²) in [5, 5.41) is 14.0. The largest absolute Gasteiger partial charge is 0.451 e. The van der Waals surface area contributed by atoms with Gasteiger partial charge in [0.05, 0.1) is 15.6 Å². The zero-order valence-corrected chi connectivity index (χ0v) is 14.7. The number of nitro groups is 1. The van der Waals surface area contributed by atoms with Crippen LogP contribution in [0.1, 0.15) is 9.67 Å². The van der Waals surface area contributed by atoms with E-state index < -0.39 is 23.4 Å². The van der Waals surface area contributed by atoms with Crippen LogP contribution in [-0.2, 0) is 9.53 Å². The van der Waals surface area contributed by atoms with Gasteiger partial charge in [0.2, 0.25) is 0 Å². The minimum absolute atomic E-state index is 0.0170. The average Bonchev–Trinajstić information content (AvgIpc) is 3.05. The molecule has 0 atom stereocenters. The van der Waals surface area contributed by atoms with Gasteiger partial charge in [-0.15, -0.1) is 11.3 Å². The van der Waals surface area contributed by atoms with Crippen molar-refractivity contribution in [2.75, 3.05) is 11.9 Å². The van der Waals surface area contributed by atoms with Crippen LogP contribution >= 0.6 is 22.9 Å². The van der Waals surface area contributed by atoms with Crippen molar-refractivity contribution < 1.29 is 19.2 Å². The Hall–Kier alpha value is -2.97. The first-order valence-electron chi connectivity index (χ1n) is 7.33. The van der Waals surface area contributed by atoms with E-state index in [1.165, 1.54) is 23.5 Å². The van der Waals surface area contributed by atoms with E-state index in [9.17, 15) is 19.7 Å². The highest BCUT2D eigenvalue weighted by atomic mass is 35.5. The number of carbonyl (C=O) groups is 2. The van der Waals surface area contributed by atoms with Crippen LogP contribution in [0.2, 0.25) is 5.02 Å². The number of non-ortho nitro benzene ring substituents is 1. The molecule has 0 spiro atoms. The van der Waals surface area contributed by atoms with Crippen molar-refractivity contribution >= 4 is 56.3 Å². The second-order valence-electron chi connectivity index (χ2n) is 5.19. The molecule has 7 nitrogen and oxygen atoms in total. The zero-order chi connectivity index (χ0) is 18.7. The Kier molecular flexibility index (Phi) is 5.15. The van der Waals surface area contributed by atoms with Crippen molar-refractivity contribution in [3.63, 3.8) is 0 Å². The number of nitrogens with zero attached hydrogens (tertiary/aromatic N) is 1. The summed E-state index contributed by atoms with van der Waals surface area (Å²) in [4.78, 5) is 34.4. The predicted molar refractivity (Wildman–Crippen MR) is 98.8 cm³/mol. The van der Waals surface area contributed by atoms with Gasteiger partial charge in [0, 0.05) is 16.8 Å². The normalized spacial score (nSPS) is 10.5. The SMILES string of the molecule is O=C(COC(=O)c1cc2ccccc2s1)Nc1ccc([N+](=O)[O-])cc1Cl. The fourth-order valence-electron chi connectivity index (χ4n) is 2.19. The maximum Gasteiger partial charge on any atom is 0.348 e. The second kappa shape index (κ2) is 7.51. The number of anilines is 1. The van der Waals surface area contributed by atoms with Gasteiger partial charge in [-0.25, -0.2) is 4.79 Å². The van der Waals surface area contributed by atoms with E-state index in [-0.39, 0.29) is 16.4 Å². The third-order valence-electron chi connectivity index (χ3n) is 3.40. The zero-order valence-electron chi connectivity index (χ0n) is 13.1. The minimum Gasteiger partial charge on any atom is -0.451 e. The molecule has 0 fully saturated rings. The van der Waals surface area contributed by atoms with Gasteiger partial charge in [-0.1, -0.05) is 29.8 Å². The first-order valence-corrected chi connectivity index (χ1v) is 8.53. The summed E-state index contributed by atoms with van der Waals surface area (Å²) in [7, 11) is 0. The molecule has 0 aliphatic heterocycles. The number of nitro benzene ring substituents is 1. The molecule has 3 aromatic rings. The lowest BCUT2D eigenvalue weighted by molar-refractivity contribution is -0.384. The summed E-state index contributed by atoms with van der Waals surface area (Å²) < 4.78 is 5.95. The fourth-order valence-corrected chi connectivity index (χ4v) is 3.37. The molecule has 0 saturated carbocycles. The summed E-state index contributed by atoms with van der Waals surface area (Å²) in [5.74, 6) is -1.20. The summed E-state index contributed by atoms with van der Waals surface area (Å²) in [6, 6.07) is 12.9. The molecule has 1 heterocycles. The molecule has 1 aromatic heterocycles. The lowest BCUT2D eigenvalue weighted by Gasteiger charge is -2.07. The Morgan fingerprint density at radius 1 is 1.19 bits per heavy atom. The third-order valence-corrected chi connectivity index (χ3v) is 4.81. The monoisotopic (exact) mass is 390 g/mol. The van der Waals surface area contributed by atoms with E-state index in [0.717, 1.165) is 16.2 Å². The van der Waals surface area contributed by atoms with Gasteiger partial charge in [-0.3, -0.25) is 14.9 Å². The number of benzene rings is 2. The first-order chi connectivity index (χ1) is 12.4. The van der Waals surface area contributed by atoms with Gasteiger partial charge < -0.3 is 10.1 Å². The molecule has 0 saturated heterocycles. The van der Waals surface area contributed by atoms with Crippen LogP contribution in [0.15, 0.2) is 48.5 Å². The van der Waals surface area contributed by atoms with Crippen LogP contribution in [0.4, 0.5) is 11.4 Å². The lowest BCUT2D eigenvalue weighted by atomic mass is 10.2. The van der Waals surface area contributed by atoms with Gasteiger partial charge in [-0.05, 0) is 23.6 Å². The Morgan fingerprint density at radius 2 is 1.96 bits per heavy atom. The maximum absolute atomic E-state index is 12.1. The van der Waals surface area contributed by atoms with Gasteiger partial charge in [-0.2, -0.15) is 0 Å². The quantitative estimate of drug-likeness (QED) is 0.398. The minimum atomic E-state index is -0.602. The van der Waals surface area contributed by atoms with Crippen molar-refractivity contribution in [3.8, 4) is 0 Å². The van der Waals surface area contributed by atoms with E-state index in [2.05, 4.69) is 5.32 Å². The molecular weight excluding hydrogens is 380 g/mol. The Balaban J connectivity index is 1.60. The van der Waals surface area contributed by atoms with Crippen molar-refractivity contribution in [1.82, 2.24) is 0 Å². The Bertz CT molecular complexity index is 984. The molecule has 0 aliphatic rings. The smallest absolute Gasteiger partial charge is 0.348 e. The molecule has 0 radical (unpaired) electrons. The van der Waals surface area contributed by atoms with Gasteiger partial charge in [0.25, 0.3) is 11.6 Å². The van der Waals surface area contributed by atoms with Crippen LogP contribution in [0.5, 0.6) is 0 Å². The number of rotatable bonds is 5. The van der Waals surface area contributed by atoms with Crippen molar-refractivity contribution in [1.29, 1.82) is 0 Å². The number of halogens is 1. The van der Waals surface area contributed by atoms with E-state index in [0.29, 0.717) is 4.88 Å². The summed E-state index contributed by atoms with van der Waals surface area (Å²) >= 11 is 7.17. The highest BCUT2D eigenvalue weighted by molar-refractivity contribution is 7.20. The highest BCUT2D eigenvalue weighted by Gasteiger charge is 2.15. The van der Waals surface area contributed by atoms with Crippen molar-refractivity contribution in [3.05, 3.63) is 68.5 Å². The number of fused-ring (bicyclic) bond motifs is 1. The average molecular weight is 391 g/mol. The van der Waals surface area contributed by atoms with Crippen LogP contribution in [0, 0.1) is 10.1 Å². The second-order valence-corrected chi connectivity index (χ2v) is 6.69. The van der Waals surface area contributed by atoms with Crippen LogP contribution < -0.4 is 5.32 Å². The molecule has 132 valence electrons. The molecule has 1 N–H and O–H groups in total. The number of thiophene rings is 1. The first kappa shape index (κ1) is 17.8. The summed E-state index contributed by atoms with van der Waals surface area (Å²) in [6.45, 7) is -0.500. The molecule has 1 amide bonds. The van der Waals surface area contributed by atoms with Gasteiger partial charge in [0.1, 0.15) is 4.88 Å². The van der Waals surface area contributed by atoms with E-state index in [4.69, 9.17) is 16.3 Å². The number of esters is 1. The Labute approximate surface area is 156 Å². The fraction of sp³-hybridized carbons (Fsp3) is 0.0588. The Morgan fingerprint density at radius 3 is 2.65 bits per heavy atom. The maximum atomic E-state index is 12.1. The number of hydrogen-bond donors (Lipinski definition) is 1. The predicted octanol–water partition coefficient (Wildman–Crippen LogP) is 4.26. The molecular formula is C17H11ClN2O5S. The molecule has 2 aromatic carbocycles. The molecule has 0 unspecified atom stereocenters. The number of ether oxygens (including phenoxy) is 1. The van der Waals surface area contributed by atoms with Gasteiger partial charge >= 0.3 is 5.97 Å². The topological polar surface area (TPSA) is 98.5 Å². The van der Waals surface area contributed by atoms with E-state index in [1.54, 1.807) is 6.07 Å². The van der Waals surface area contributed by atoms with Crippen molar-refractivity contribution in [2.24, 2.45) is 0 Å². The third kappa shape index (κ3) is 3.98. The number of hydrogen-bond acceptors (Lipinski definition) is 6. The van der Waals surface area contributed by atoms with Crippen LogP contribution in [0.3, 0.4) is 0 Å². The summed E-state index contributed by atoms with van der Waals surface area (Å²) in [6.07, 6.45) is 0. The van der Waals surface area contributed by atoms with Crippen molar-refractivity contribution in [2.45, 2.75) is 0 Å². The lowest BCUT2D eigenvalue weighted by Crippen LogP contribution is -2.20. The number of nitrogens with one attached hydrogen (secondary N) is 1. The summed E-state index contributed by atoms with van der Waals surface area (Å²) in [5.41, 5.74) is 0.00404. The van der Waals surface area contributed by atoms with Gasteiger partial charge in [0.15, 0.2) is 6.61 Å². The van der Waals surface area contributed by atoms with Crippen LogP contribution in [0.25, 0.3) is 10.1 Å². The molecule has 0 aliphatic carbocycles. The standard InChI is InChI=1S/C17H11ClN2O5S/c18-12-8-11(20(23)24)5-6-13(12)19-16(21)9-25-17(22)15-7-10-3-1-2-4-14(10)26-15/h1-8H,9H2,(H,19,21). The van der Waals surface area contributed by atoms with E-state index in [1.807, 2.05) is 24.3 Å².